The Balaban J connectivity index is 2.08. The van der Waals surface area contributed by atoms with Crippen molar-refractivity contribution in [2.24, 2.45) is 0 Å². The lowest BCUT2D eigenvalue weighted by Crippen LogP contribution is -2.22. The number of methoxy groups -OCH3 is 1. The van der Waals surface area contributed by atoms with Crippen LogP contribution in [0.15, 0.2) is 12.4 Å². The number of hydrogen-bond donors (Lipinski definition) is 0. The van der Waals surface area contributed by atoms with Gasteiger partial charge >= 0.3 is 5.97 Å². The van der Waals surface area contributed by atoms with Gasteiger partial charge in [-0.1, -0.05) is 19.6 Å². The normalized spacial score (nSPS) is 11.8. The van der Waals surface area contributed by atoms with Crippen LogP contribution in [-0.2, 0) is 16.2 Å². The third kappa shape index (κ3) is 4.08. The van der Waals surface area contributed by atoms with Crippen LogP contribution >= 0.6 is 0 Å². The molecule has 0 aliphatic carbocycles. The van der Waals surface area contributed by atoms with Gasteiger partial charge in [0.1, 0.15) is 6.73 Å². The zero-order valence-corrected chi connectivity index (χ0v) is 13.8. The Morgan fingerprint density at radius 3 is 2.76 bits per heavy atom. The average Bonchev–Trinajstić information content (AvgIpc) is 2.84. The van der Waals surface area contributed by atoms with Crippen molar-refractivity contribution in [2.45, 2.75) is 32.4 Å². The molecular formula is C13H20N4O3Si. The van der Waals surface area contributed by atoms with E-state index in [2.05, 4.69) is 39.4 Å². The zero-order valence-electron chi connectivity index (χ0n) is 12.8. The Kier molecular flexibility index (Phi) is 4.68. The van der Waals surface area contributed by atoms with Gasteiger partial charge < -0.3 is 9.47 Å². The molecule has 0 aliphatic heterocycles. The van der Waals surface area contributed by atoms with E-state index in [0.29, 0.717) is 19.0 Å². The summed E-state index contributed by atoms with van der Waals surface area (Å²) in [6.07, 6.45) is 3.21. The van der Waals surface area contributed by atoms with Gasteiger partial charge in [0.05, 0.1) is 18.7 Å². The number of carbonyl (C=O) groups is 1. The van der Waals surface area contributed by atoms with Crippen LogP contribution in [-0.4, -0.2) is 47.5 Å². The monoisotopic (exact) mass is 308 g/mol. The Hall–Kier alpha value is -1.80. The summed E-state index contributed by atoms with van der Waals surface area (Å²) in [7, 11) is 0.195. The molecule has 7 nitrogen and oxygen atoms in total. The number of aromatic nitrogens is 4. The van der Waals surface area contributed by atoms with E-state index >= 15 is 0 Å². The predicted octanol–water partition coefficient (Wildman–Crippen LogP) is 1.93. The van der Waals surface area contributed by atoms with Crippen molar-refractivity contribution >= 4 is 25.1 Å². The number of ether oxygens (including phenoxy) is 2. The summed E-state index contributed by atoms with van der Waals surface area (Å²) in [5.41, 5.74) is 0.568. The van der Waals surface area contributed by atoms with Crippen LogP contribution in [0.2, 0.25) is 25.7 Å². The van der Waals surface area contributed by atoms with Crippen LogP contribution in [0, 0.1) is 0 Å². The molecule has 2 heterocycles. The van der Waals surface area contributed by atoms with Crippen LogP contribution in [0.4, 0.5) is 0 Å². The molecular weight excluding hydrogens is 288 g/mol. The minimum absolute atomic E-state index is 0.0221. The van der Waals surface area contributed by atoms with E-state index in [1.807, 2.05) is 0 Å². The second kappa shape index (κ2) is 6.31. The van der Waals surface area contributed by atoms with Crippen molar-refractivity contribution in [3.8, 4) is 0 Å². The molecule has 0 fully saturated rings. The quantitative estimate of drug-likeness (QED) is 0.461. The van der Waals surface area contributed by atoms with Crippen molar-refractivity contribution in [2.75, 3.05) is 13.7 Å². The third-order valence-corrected chi connectivity index (χ3v) is 4.66. The highest BCUT2D eigenvalue weighted by molar-refractivity contribution is 6.76. The van der Waals surface area contributed by atoms with Crippen LogP contribution in [0.1, 0.15) is 10.6 Å². The molecule has 8 heteroatoms. The van der Waals surface area contributed by atoms with Gasteiger partial charge in [-0.3, -0.25) is 0 Å². The number of carbonyl (C=O) groups excluding carboxylic acids is 1. The van der Waals surface area contributed by atoms with Gasteiger partial charge in [0.2, 0.25) is 5.82 Å². The standard InChI is InChI=1S/C13H20N4O3Si/c1-19-13(18)11-14-7-10-8-15-17(12(10)16-11)9-20-5-6-21(2,3)4/h7-8H,5-6,9H2,1-4H3. The number of nitrogens with zero attached hydrogens (tertiary/aromatic N) is 4. The van der Waals surface area contributed by atoms with E-state index in [-0.39, 0.29) is 5.82 Å². The minimum Gasteiger partial charge on any atom is -0.463 e. The van der Waals surface area contributed by atoms with Crippen molar-refractivity contribution in [1.29, 1.82) is 0 Å². The summed E-state index contributed by atoms with van der Waals surface area (Å²) in [5, 5.41) is 4.96. The van der Waals surface area contributed by atoms with Gasteiger partial charge in [-0.25, -0.2) is 19.4 Å². The number of rotatable bonds is 6. The molecule has 0 aromatic carbocycles. The lowest BCUT2D eigenvalue weighted by molar-refractivity contribution is 0.0586. The number of hydrogen-bond acceptors (Lipinski definition) is 6. The summed E-state index contributed by atoms with van der Waals surface area (Å²) < 4.78 is 11.9. The fraction of sp³-hybridized carbons (Fsp3) is 0.538. The fourth-order valence-corrected chi connectivity index (χ4v) is 2.44. The molecule has 0 atom stereocenters. The summed E-state index contributed by atoms with van der Waals surface area (Å²) >= 11 is 0. The Labute approximate surface area is 124 Å². The van der Waals surface area contributed by atoms with Crippen molar-refractivity contribution < 1.29 is 14.3 Å². The first kappa shape index (κ1) is 15.6. The fourth-order valence-electron chi connectivity index (χ4n) is 1.68. The molecule has 0 saturated heterocycles. The summed E-state index contributed by atoms with van der Waals surface area (Å²) in [4.78, 5) is 19.6. The maximum Gasteiger partial charge on any atom is 0.376 e. The summed E-state index contributed by atoms with van der Waals surface area (Å²) in [5.74, 6) is -0.543. The summed E-state index contributed by atoms with van der Waals surface area (Å²) in [6, 6.07) is 1.09. The van der Waals surface area contributed by atoms with E-state index in [9.17, 15) is 4.79 Å². The van der Waals surface area contributed by atoms with Crippen molar-refractivity contribution in [3.05, 3.63) is 18.2 Å². The van der Waals surface area contributed by atoms with Gasteiger partial charge in [0.15, 0.2) is 5.65 Å². The first-order chi connectivity index (χ1) is 9.90. The molecule has 0 radical (unpaired) electrons. The van der Waals surface area contributed by atoms with E-state index in [0.717, 1.165) is 11.4 Å². The van der Waals surface area contributed by atoms with Gasteiger partial charge in [-0.15, -0.1) is 0 Å². The second-order valence-electron chi connectivity index (χ2n) is 5.96. The van der Waals surface area contributed by atoms with E-state index in [1.54, 1.807) is 17.1 Å². The third-order valence-electron chi connectivity index (χ3n) is 2.95. The lowest BCUT2D eigenvalue weighted by atomic mass is 10.4. The van der Waals surface area contributed by atoms with E-state index < -0.39 is 14.0 Å². The molecule has 0 N–H and O–H groups in total. The highest BCUT2D eigenvalue weighted by atomic mass is 28.3. The minimum atomic E-state index is -1.10. The molecule has 21 heavy (non-hydrogen) atoms. The molecule has 0 aliphatic rings. The Morgan fingerprint density at radius 1 is 1.33 bits per heavy atom. The van der Waals surface area contributed by atoms with Gasteiger partial charge in [-0.05, 0) is 6.04 Å². The van der Waals surface area contributed by atoms with Crippen LogP contribution < -0.4 is 0 Å². The predicted molar refractivity (Wildman–Crippen MR) is 80.8 cm³/mol. The second-order valence-corrected chi connectivity index (χ2v) is 11.6. The molecule has 0 bridgehead atoms. The Morgan fingerprint density at radius 2 is 2.10 bits per heavy atom. The highest BCUT2D eigenvalue weighted by Crippen LogP contribution is 2.12. The van der Waals surface area contributed by atoms with Crippen LogP contribution in [0.5, 0.6) is 0 Å². The molecule has 0 amide bonds. The average molecular weight is 308 g/mol. The zero-order chi connectivity index (χ0) is 15.5. The molecule has 0 unspecified atom stereocenters. The largest absolute Gasteiger partial charge is 0.463 e. The topological polar surface area (TPSA) is 79.1 Å². The van der Waals surface area contributed by atoms with Crippen molar-refractivity contribution in [3.63, 3.8) is 0 Å². The molecule has 2 aromatic heterocycles. The van der Waals surface area contributed by atoms with Gasteiger partial charge in [-0.2, -0.15) is 5.10 Å². The maximum absolute atomic E-state index is 11.5. The lowest BCUT2D eigenvalue weighted by Gasteiger charge is -2.15. The number of fused-ring (bicyclic) bond motifs is 1. The van der Waals surface area contributed by atoms with Gasteiger partial charge in [0.25, 0.3) is 0 Å². The van der Waals surface area contributed by atoms with E-state index in [1.165, 1.54) is 7.11 Å². The molecule has 2 rings (SSSR count). The SMILES string of the molecule is COC(=O)c1ncc2cnn(COCC[Si](C)(C)C)c2n1. The first-order valence-electron chi connectivity index (χ1n) is 6.75. The summed E-state index contributed by atoms with van der Waals surface area (Å²) in [6.45, 7) is 7.91. The van der Waals surface area contributed by atoms with E-state index in [4.69, 9.17) is 4.74 Å². The molecule has 0 spiro atoms. The smallest absolute Gasteiger partial charge is 0.376 e. The van der Waals surface area contributed by atoms with Crippen LogP contribution in [0.3, 0.4) is 0 Å². The Bertz CT molecular complexity index is 636. The maximum atomic E-state index is 11.5. The van der Waals surface area contributed by atoms with Crippen molar-refractivity contribution in [1.82, 2.24) is 19.7 Å². The highest BCUT2D eigenvalue weighted by Gasteiger charge is 2.14. The molecule has 2 aromatic rings. The van der Waals surface area contributed by atoms with Crippen LogP contribution in [0.25, 0.3) is 11.0 Å². The first-order valence-corrected chi connectivity index (χ1v) is 10.5. The van der Waals surface area contributed by atoms with Gasteiger partial charge in [0, 0.05) is 20.9 Å². The molecule has 114 valence electrons. The molecule has 0 saturated carbocycles. The number of esters is 1.